The van der Waals surface area contributed by atoms with Crippen molar-refractivity contribution in [1.29, 1.82) is 0 Å². The molecule has 3 aromatic rings. The number of hydrogen-bond acceptors (Lipinski definition) is 3. The summed E-state index contributed by atoms with van der Waals surface area (Å²) in [5.74, 6) is -0.0940. The highest BCUT2D eigenvalue weighted by Gasteiger charge is 2.28. The van der Waals surface area contributed by atoms with Crippen LogP contribution in [0.1, 0.15) is 39.9 Å². The lowest BCUT2D eigenvalue weighted by Gasteiger charge is -2.32. The molecular weight excluding hydrogens is 400 g/mol. The standard InChI is InChI=1S/C26H30N4O2/c1-19-15-20(2)17-23(16-19)26(32)29-13-3-5-22(18-29)25(31)27-12-10-21-6-8-24(9-7-21)30-14-4-11-28-30/h4,6-9,11,14-17,22H,3,5,10,12-13,18H2,1-2H3,(H,27,31). The molecular formula is C26H30N4O2. The SMILES string of the molecule is Cc1cc(C)cc(C(=O)N2CCCC(C(=O)NCCc3ccc(-n4cccn4)cc3)C2)c1. The van der Waals surface area contributed by atoms with Crippen LogP contribution in [0.5, 0.6) is 0 Å². The van der Waals surface area contributed by atoms with Crippen molar-refractivity contribution < 1.29 is 9.59 Å². The van der Waals surface area contributed by atoms with Gasteiger partial charge in [-0.25, -0.2) is 4.68 Å². The maximum absolute atomic E-state index is 13.0. The number of likely N-dealkylation sites (tertiary alicyclic amines) is 1. The third-order valence-electron chi connectivity index (χ3n) is 5.97. The summed E-state index contributed by atoms with van der Waals surface area (Å²) in [4.78, 5) is 27.6. The number of carbonyl (C=O) groups excluding carboxylic acids is 2. The fraction of sp³-hybridized carbons (Fsp3) is 0.346. The first kappa shape index (κ1) is 21.8. The Hall–Kier alpha value is -3.41. The van der Waals surface area contributed by atoms with Crippen LogP contribution in [0.15, 0.2) is 60.9 Å². The van der Waals surface area contributed by atoms with Gasteiger partial charge in [-0.2, -0.15) is 5.10 Å². The van der Waals surface area contributed by atoms with Crippen LogP contribution in [-0.4, -0.2) is 46.1 Å². The molecule has 2 amide bonds. The predicted molar refractivity (Wildman–Crippen MR) is 125 cm³/mol. The smallest absolute Gasteiger partial charge is 0.253 e. The van der Waals surface area contributed by atoms with Gasteiger partial charge in [0, 0.05) is 37.6 Å². The van der Waals surface area contributed by atoms with Crippen molar-refractivity contribution in [2.75, 3.05) is 19.6 Å². The monoisotopic (exact) mass is 430 g/mol. The lowest BCUT2D eigenvalue weighted by molar-refractivity contribution is -0.126. The first-order valence-electron chi connectivity index (χ1n) is 11.2. The molecule has 1 unspecified atom stereocenters. The molecule has 2 heterocycles. The van der Waals surface area contributed by atoms with Crippen LogP contribution in [0.2, 0.25) is 0 Å². The van der Waals surface area contributed by atoms with Crippen molar-refractivity contribution in [3.05, 3.63) is 83.2 Å². The van der Waals surface area contributed by atoms with Gasteiger partial charge in [-0.15, -0.1) is 0 Å². The normalized spacial score (nSPS) is 16.1. The van der Waals surface area contributed by atoms with Crippen LogP contribution in [0.25, 0.3) is 5.69 Å². The van der Waals surface area contributed by atoms with Gasteiger partial charge in [0.2, 0.25) is 5.91 Å². The minimum Gasteiger partial charge on any atom is -0.355 e. The van der Waals surface area contributed by atoms with E-state index in [2.05, 4.69) is 28.6 Å². The van der Waals surface area contributed by atoms with Gasteiger partial charge < -0.3 is 10.2 Å². The summed E-state index contributed by atoms with van der Waals surface area (Å²) in [6.07, 6.45) is 6.10. The third kappa shape index (κ3) is 5.25. The summed E-state index contributed by atoms with van der Waals surface area (Å²) < 4.78 is 1.82. The van der Waals surface area contributed by atoms with Gasteiger partial charge in [0.05, 0.1) is 11.6 Å². The maximum Gasteiger partial charge on any atom is 0.253 e. The van der Waals surface area contributed by atoms with Crippen LogP contribution in [-0.2, 0) is 11.2 Å². The second-order valence-electron chi connectivity index (χ2n) is 8.62. The highest BCUT2D eigenvalue weighted by Crippen LogP contribution is 2.20. The first-order chi connectivity index (χ1) is 15.5. The number of rotatable bonds is 6. The Kier molecular flexibility index (Phi) is 6.69. The number of nitrogens with one attached hydrogen (secondary N) is 1. The topological polar surface area (TPSA) is 67.2 Å². The number of carbonyl (C=O) groups is 2. The minimum atomic E-state index is -0.152. The molecule has 32 heavy (non-hydrogen) atoms. The van der Waals surface area contributed by atoms with Crippen LogP contribution >= 0.6 is 0 Å². The zero-order valence-electron chi connectivity index (χ0n) is 18.8. The fourth-order valence-corrected chi connectivity index (χ4v) is 4.37. The fourth-order valence-electron chi connectivity index (χ4n) is 4.37. The molecule has 1 N–H and O–H groups in total. The average Bonchev–Trinajstić information content (AvgIpc) is 3.33. The summed E-state index contributed by atoms with van der Waals surface area (Å²) >= 11 is 0. The van der Waals surface area contributed by atoms with Gasteiger partial charge in [-0.3, -0.25) is 9.59 Å². The molecule has 0 spiro atoms. The number of benzene rings is 2. The van der Waals surface area contributed by atoms with Gasteiger partial charge in [-0.05, 0) is 69.0 Å². The molecule has 166 valence electrons. The largest absolute Gasteiger partial charge is 0.355 e. The van der Waals surface area contributed by atoms with E-state index in [1.54, 1.807) is 6.20 Å². The number of aromatic nitrogens is 2. The number of aryl methyl sites for hydroxylation is 2. The molecule has 1 saturated heterocycles. The molecule has 1 aliphatic rings. The lowest BCUT2D eigenvalue weighted by Crippen LogP contribution is -2.45. The second kappa shape index (κ2) is 9.81. The second-order valence-corrected chi connectivity index (χ2v) is 8.62. The summed E-state index contributed by atoms with van der Waals surface area (Å²) in [5, 5.41) is 7.30. The predicted octanol–water partition coefficient (Wildman–Crippen LogP) is 3.70. The van der Waals surface area contributed by atoms with E-state index in [9.17, 15) is 9.59 Å². The molecule has 1 fully saturated rings. The Bertz CT molecular complexity index is 1050. The first-order valence-corrected chi connectivity index (χ1v) is 11.2. The van der Waals surface area contributed by atoms with E-state index in [1.807, 2.05) is 60.0 Å². The van der Waals surface area contributed by atoms with E-state index in [0.29, 0.717) is 25.2 Å². The van der Waals surface area contributed by atoms with Crippen molar-refractivity contribution in [2.45, 2.75) is 33.1 Å². The average molecular weight is 431 g/mol. The van der Waals surface area contributed by atoms with Gasteiger partial charge >= 0.3 is 0 Å². The van der Waals surface area contributed by atoms with E-state index < -0.39 is 0 Å². The highest BCUT2D eigenvalue weighted by atomic mass is 16.2. The number of amides is 2. The van der Waals surface area contributed by atoms with E-state index >= 15 is 0 Å². The van der Waals surface area contributed by atoms with Crippen molar-refractivity contribution in [2.24, 2.45) is 5.92 Å². The summed E-state index contributed by atoms with van der Waals surface area (Å²) in [7, 11) is 0. The maximum atomic E-state index is 13.0. The van der Waals surface area contributed by atoms with Crippen molar-refractivity contribution in [3.63, 3.8) is 0 Å². The van der Waals surface area contributed by atoms with E-state index in [1.165, 1.54) is 0 Å². The van der Waals surface area contributed by atoms with Crippen molar-refractivity contribution in [1.82, 2.24) is 20.0 Å². The van der Waals surface area contributed by atoms with Crippen LogP contribution in [0.3, 0.4) is 0 Å². The summed E-state index contributed by atoms with van der Waals surface area (Å²) in [6, 6.07) is 16.0. The van der Waals surface area contributed by atoms with Gasteiger partial charge in [-0.1, -0.05) is 29.3 Å². The van der Waals surface area contributed by atoms with E-state index in [-0.39, 0.29) is 17.7 Å². The zero-order chi connectivity index (χ0) is 22.5. The van der Waals surface area contributed by atoms with Crippen LogP contribution in [0, 0.1) is 19.8 Å². The van der Waals surface area contributed by atoms with E-state index in [4.69, 9.17) is 0 Å². The Morgan fingerprint density at radius 3 is 2.53 bits per heavy atom. The highest BCUT2D eigenvalue weighted by molar-refractivity contribution is 5.95. The minimum absolute atomic E-state index is 0.0200. The molecule has 1 aliphatic heterocycles. The van der Waals surface area contributed by atoms with Gasteiger partial charge in [0.1, 0.15) is 0 Å². The van der Waals surface area contributed by atoms with Crippen molar-refractivity contribution in [3.8, 4) is 5.69 Å². The zero-order valence-corrected chi connectivity index (χ0v) is 18.8. The molecule has 0 radical (unpaired) electrons. The van der Waals surface area contributed by atoms with Crippen molar-refractivity contribution >= 4 is 11.8 Å². The Labute approximate surface area is 189 Å². The lowest BCUT2D eigenvalue weighted by atomic mass is 9.96. The molecule has 6 heteroatoms. The van der Waals surface area contributed by atoms with Gasteiger partial charge in [0.15, 0.2) is 0 Å². The molecule has 0 aliphatic carbocycles. The Morgan fingerprint density at radius 2 is 1.84 bits per heavy atom. The molecule has 2 aromatic carbocycles. The number of nitrogens with zero attached hydrogens (tertiary/aromatic N) is 3. The van der Waals surface area contributed by atoms with E-state index in [0.717, 1.165) is 41.6 Å². The summed E-state index contributed by atoms with van der Waals surface area (Å²) in [6.45, 7) is 5.78. The van der Waals surface area contributed by atoms with Gasteiger partial charge in [0.25, 0.3) is 5.91 Å². The summed E-state index contributed by atoms with van der Waals surface area (Å²) in [5.41, 5.74) is 5.05. The third-order valence-corrected chi connectivity index (χ3v) is 5.97. The van der Waals surface area contributed by atoms with Crippen LogP contribution < -0.4 is 5.32 Å². The number of piperidine rings is 1. The molecule has 1 atom stereocenters. The molecule has 1 aromatic heterocycles. The Balaban J connectivity index is 1.28. The quantitative estimate of drug-likeness (QED) is 0.648. The molecule has 0 saturated carbocycles. The molecule has 0 bridgehead atoms. The Morgan fingerprint density at radius 1 is 1.09 bits per heavy atom. The van der Waals surface area contributed by atoms with Crippen LogP contribution in [0.4, 0.5) is 0 Å². The molecule has 6 nitrogen and oxygen atoms in total. The number of hydrogen-bond donors (Lipinski definition) is 1. The molecule has 4 rings (SSSR count).